The molecule has 1 heterocycles. The molecule has 6 nitrogen and oxygen atoms in total. The topological polar surface area (TPSA) is 77.6 Å². The molecule has 24 heavy (non-hydrogen) atoms. The molecule has 0 aliphatic carbocycles. The first-order valence-corrected chi connectivity index (χ1v) is 8.34. The Morgan fingerprint density at radius 3 is 2.62 bits per heavy atom. The lowest BCUT2D eigenvalue weighted by Gasteiger charge is -2.09. The molecule has 0 spiro atoms. The second-order valence-corrected chi connectivity index (χ2v) is 6.05. The summed E-state index contributed by atoms with van der Waals surface area (Å²) in [7, 11) is 1.59. The van der Waals surface area contributed by atoms with Crippen molar-refractivity contribution in [3.63, 3.8) is 0 Å². The van der Waals surface area contributed by atoms with Crippen molar-refractivity contribution in [3.05, 3.63) is 40.0 Å². The molecule has 0 bridgehead atoms. The summed E-state index contributed by atoms with van der Waals surface area (Å²) < 4.78 is 16.9. The maximum atomic E-state index is 9.61. The zero-order valence-electron chi connectivity index (χ0n) is 13.1. The van der Waals surface area contributed by atoms with E-state index in [-0.39, 0.29) is 5.75 Å². The van der Waals surface area contributed by atoms with E-state index in [1.54, 1.807) is 37.4 Å². The van der Waals surface area contributed by atoms with Crippen molar-refractivity contribution >= 4 is 22.6 Å². The summed E-state index contributed by atoms with van der Waals surface area (Å²) >= 11 is 2.05. The van der Waals surface area contributed by atoms with Crippen LogP contribution in [0.15, 0.2) is 40.9 Å². The molecule has 0 unspecified atom stereocenters. The zero-order valence-corrected chi connectivity index (χ0v) is 15.3. The third kappa shape index (κ3) is 3.30. The largest absolute Gasteiger partial charge is 0.507 e. The van der Waals surface area contributed by atoms with E-state index in [1.807, 2.05) is 35.6 Å². The first kappa shape index (κ1) is 16.6. The lowest BCUT2D eigenvalue weighted by Crippen LogP contribution is -1.95. The maximum Gasteiger partial charge on any atom is 0.258 e. The summed E-state index contributed by atoms with van der Waals surface area (Å²) in [5.41, 5.74) is 1.51. The van der Waals surface area contributed by atoms with Crippen LogP contribution in [-0.4, -0.2) is 29.0 Å². The van der Waals surface area contributed by atoms with E-state index in [1.165, 1.54) is 0 Å². The monoisotopic (exact) mass is 438 g/mol. The van der Waals surface area contributed by atoms with Crippen LogP contribution in [0.3, 0.4) is 0 Å². The highest BCUT2D eigenvalue weighted by Crippen LogP contribution is 2.33. The third-order valence-electron chi connectivity index (χ3n) is 3.34. The summed E-state index contributed by atoms with van der Waals surface area (Å²) in [4.78, 5) is 4.42. The Labute approximate surface area is 152 Å². The second kappa shape index (κ2) is 7.08. The number of benzene rings is 2. The standard InChI is InChI=1S/C17H15IN2O4/c1-3-23-15-9-11(5-7-14(15)22-2)17-19-16(20-24-17)10-4-6-13(21)12(18)8-10/h4-9,21H,3H2,1-2H3. The number of aromatic nitrogens is 2. The third-order valence-corrected chi connectivity index (χ3v) is 4.21. The van der Waals surface area contributed by atoms with Crippen LogP contribution >= 0.6 is 22.6 Å². The van der Waals surface area contributed by atoms with Gasteiger partial charge in [0, 0.05) is 11.1 Å². The van der Waals surface area contributed by atoms with Crippen LogP contribution in [0.4, 0.5) is 0 Å². The molecule has 0 fully saturated rings. The van der Waals surface area contributed by atoms with Crippen molar-refractivity contribution < 1.29 is 19.1 Å². The van der Waals surface area contributed by atoms with Crippen LogP contribution in [0.1, 0.15) is 6.92 Å². The molecule has 0 saturated carbocycles. The van der Waals surface area contributed by atoms with Crippen LogP contribution in [0.5, 0.6) is 17.2 Å². The van der Waals surface area contributed by atoms with Gasteiger partial charge in [0.2, 0.25) is 5.82 Å². The molecule has 7 heteroatoms. The van der Waals surface area contributed by atoms with E-state index in [2.05, 4.69) is 10.1 Å². The minimum Gasteiger partial charge on any atom is -0.507 e. The molecule has 0 aliphatic heterocycles. The Bertz CT molecular complexity index is 864. The smallest absolute Gasteiger partial charge is 0.258 e. The van der Waals surface area contributed by atoms with Crippen molar-refractivity contribution in [2.24, 2.45) is 0 Å². The molecule has 0 saturated heterocycles. The van der Waals surface area contributed by atoms with Gasteiger partial charge in [-0.25, -0.2) is 0 Å². The number of rotatable bonds is 5. The molecule has 1 aromatic heterocycles. The lowest BCUT2D eigenvalue weighted by molar-refractivity contribution is 0.311. The van der Waals surface area contributed by atoms with Gasteiger partial charge in [0.1, 0.15) is 5.75 Å². The van der Waals surface area contributed by atoms with E-state index in [4.69, 9.17) is 14.0 Å². The summed E-state index contributed by atoms with van der Waals surface area (Å²) in [5.74, 6) is 2.33. The minimum absolute atomic E-state index is 0.222. The van der Waals surface area contributed by atoms with E-state index in [0.717, 1.165) is 14.7 Å². The highest BCUT2D eigenvalue weighted by atomic mass is 127. The van der Waals surface area contributed by atoms with Gasteiger partial charge in [0.15, 0.2) is 11.5 Å². The number of hydrogen-bond acceptors (Lipinski definition) is 6. The van der Waals surface area contributed by atoms with Crippen molar-refractivity contribution in [1.29, 1.82) is 0 Å². The van der Waals surface area contributed by atoms with Gasteiger partial charge in [0.25, 0.3) is 5.89 Å². The number of nitrogens with zero attached hydrogens (tertiary/aromatic N) is 2. The highest BCUT2D eigenvalue weighted by molar-refractivity contribution is 14.1. The maximum absolute atomic E-state index is 9.61. The van der Waals surface area contributed by atoms with E-state index < -0.39 is 0 Å². The predicted octanol–water partition coefficient (Wildman–Crippen LogP) is 4.12. The summed E-state index contributed by atoms with van der Waals surface area (Å²) in [6.45, 7) is 2.43. The highest BCUT2D eigenvalue weighted by Gasteiger charge is 2.14. The number of halogens is 1. The zero-order chi connectivity index (χ0) is 17.1. The Morgan fingerprint density at radius 1 is 1.12 bits per heavy atom. The minimum atomic E-state index is 0.222. The average molecular weight is 438 g/mol. The summed E-state index contributed by atoms with van der Waals surface area (Å²) in [6.07, 6.45) is 0. The van der Waals surface area contributed by atoms with Crippen molar-refractivity contribution in [2.45, 2.75) is 6.92 Å². The van der Waals surface area contributed by atoms with E-state index in [9.17, 15) is 5.11 Å². The fourth-order valence-corrected chi connectivity index (χ4v) is 2.70. The van der Waals surface area contributed by atoms with Gasteiger partial charge in [0.05, 0.1) is 17.3 Å². The molecular weight excluding hydrogens is 423 g/mol. The number of aromatic hydroxyl groups is 1. The van der Waals surface area contributed by atoms with Crippen molar-refractivity contribution in [1.82, 2.24) is 10.1 Å². The molecule has 3 rings (SSSR count). The van der Waals surface area contributed by atoms with Crippen LogP contribution < -0.4 is 9.47 Å². The van der Waals surface area contributed by atoms with Gasteiger partial charge in [-0.2, -0.15) is 4.98 Å². The SMILES string of the molecule is CCOc1cc(-c2nc(-c3ccc(O)c(I)c3)no2)ccc1OC. The van der Waals surface area contributed by atoms with E-state index in [0.29, 0.717) is 29.8 Å². The molecule has 1 N–H and O–H groups in total. The van der Waals surface area contributed by atoms with Crippen LogP contribution in [0, 0.1) is 3.57 Å². The fourth-order valence-electron chi connectivity index (χ4n) is 2.18. The molecule has 0 atom stereocenters. The summed E-state index contributed by atoms with van der Waals surface area (Å²) in [6, 6.07) is 10.6. The van der Waals surface area contributed by atoms with Crippen LogP contribution in [-0.2, 0) is 0 Å². The first-order valence-electron chi connectivity index (χ1n) is 7.26. The van der Waals surface area contributed by atoms with E-state index >= 15 is 0 Å². The predicted molar refractivity (Wildman–Crippen MR) is 97.3 cm³/mol. The number of ether oxygens (including phenoxy) is 2. The number of phenolic OH excluding ortho intramolecular Hbond substituents is 1. The Kier molecular flexibility index (Phi) is 4.89. The van der Waals surface area contributed by atoms with Gasteiger partial charge < -0.3 is 19.1 Å². The molecule has 3 aromatic rings. The first-order chi connectivity index (χ1) is 11.6. The Morgan fingerprint density at radius 2 is 1.92 bits per heavy atom. The fraction of sp³-hybridized carbons (Fsp3) is 0.176. The molecule has 124 valence electrons. The molecule has 2 aromatic carbocycles. The van der Waals surface area contributed by atoms with Crippen LogP contribution in [0.25, 0.3) is 22.8 Å². The van der Waals surface area contributed by atoms with Crippen LogP contribution in [0.2, 0.25) is 0 Å². The van der Waals surface area contributed by atoms with Gasteiger partial charge in [-0.3, -0.25) is 0 Å². The van der Waals surface area contributed by atoms with Gasteiger partial charge >= 0.3 is 0 Å². The molecule has 0 aliphatic rings. The molecule has 0 radical (unpaired) electrons. The number of methoxy groups -OCH3 is 1. The second-order valence-electron chi connectivity index (χ2n) is 4.89. The van der Waals surface area contributed by atoms with Gasteiger partial charge in [-0.05, 0) is 65.9 Å². The Hall–Kier alpha value is -2.29. The van der Waals surface area contributed by atoms with Crippen molar-refractivity contribution in [3.8, 4) is 40.1 Å². The van der Waals surface area contributed by atoms with Gasteiger partial charge in [-0.1, -0.05) is 5.16 Å². The Balaban J connectivity index is 1.95. The summed E-state index contributed by atoms with van der Waals surface area (Å²) in [5, 5.41) is 13.6. The molecule has 0 amide bonds. The normalized spacial score (nSPS) is 10.6. The van der Waals surface area contributed by atoms with Crippen molar-refractivity contribution in [2.75, 3.05) is 13.7 Å². The quantitative estimate of drug-likeness (QED) is 0.604. The molecular formula is C17H15IN2O4. The van der Waals surface area contributed by atoms with Gasteiger partial charge in [-0.15, -0.1) is 0 Å². The number of phenols is 1. The average Bonchev–Trinajstić information content (AvgIpc) is 3.07. The lowest BCUT2D eigenvalue weighted by atomic mass is 10.2. The number of hydrogen-bond donors (Lipinski definition) is 1.